The van der Waals surface area contributed by atoms with Gasteiger partial charge >= 0.3 is 39.5 Å². The first-order valence-corrected chi connectivity index (χ1v) is 53.1. The van der Waals surface area contributed by atoms with Gasteiger partial charge in [0.05, 0.1) is 26.4 Å². The van der Waals surface area contributed by atoms with Crippen LogP contribution in [0, 0.1) is 5.92 Å². The molecule has 0 amide bonds. The molecule has 0 rings (SSSR count). The topological polar surface area (TPSA) is 237 Å². The summed E-state index contributed by atoms with van der Waals surface area (Å²) in [6.07, 6.45) is 87.8. The summed E-state index contributed by atoms with van der Waals surface area (Å²) in [5.74, 6) is -1.26. The second kappa shape index (κ2) is 89.3. The van der Waals surface area contributed by atoms with E-state index in [0.717, 1.165) is 95.8 Å². The number of phosphoric ester groups is 2. The molecule has 0 aliphatic rings. The molecule has 0 aromatic carbocycles. The number of hydrogen-bond donors (Lipinski definition) is 3. The van der Waals surface area contributed by atoms with Crippen molar-refractivity contribution >= 4 is 39.5 Å². The second-order valence-electron chi connectivity index (χ2n) is 35.3. The summed E-state index contributed by atoms with van der Waals surface area (Å²) in [6, 6.07) is 0. The first-order valence-electron chi connectivity index (χ1n) is 50.1. The molecule has 0 radical (unpaired) electrons. The van der Waals surface area contributed by atoms with E-state index in [2.05, 4.69) is 34.6 Å². The molecule has 0 aliphatic heterocycles. The summed E-state index contributed by atoms with van der Waals surface area (Å²) >= 11 is 0. The molecule has 17 nitrogen and oxygen atoms in total. The van der Waals surface area contributed by atoms with Crippen LogP contribution in [-0.4, -0.2) is 96.7 Å². The maximum Gasteiger partial charge on any atom is 0.472 e. The van der Waals surface area contributed by atoms with E-state index in [1.807, 2.05) is 0 Å². The number of hydrogen-bond acceptors (Lipinski definition) is 15. The van der Waals surface area contributed by atoms with Crippen LogP contribution in [-0.2, 0) is 65.4 Å². The molecule has 0 bridgehead atoms. The lowest BCUT2D eigenvalue weighted by Gasteiger charge is -2.21. The van der Waals surface area contributed by atoms with E-state index < -0.39 is 97.5 Å². The molecule has 0 heterocycles. The molecule has 0 saturated carbocycles. The zero-order chi connectivity index (χ0) is 84.7. The van der Waals surface area contributed by atoms with Crippen LogP contribution in [0.4, 0.5) is 0 Å². The minimum absolute atomic E-state index is 0.110. The third kappa shape index (κ3) is 89.8. The first kappa shape index (κ1) is 114. The highest BCUT2D eigenvalue weighted by Gasteiger charge is 2.31. The monoisotopic (exact) mass is 1690 g/mol. The molecule has 3 N–H and O–H groups in total. The Morgan fingerprint density at radius 1 is 0.233 bits per heavy atom. The van der Waals surface area contributed by atoms with Crippen molar-refractivity contribution in [1.82, 2.24) is 0 Å². The Bertz CT molecular complexity index is 2190. The van der Waals surface area contributed by atoms with Crippen LogP contribution in [0.3, 0.4) is 0 Å². The normalized spacial score (nSPS) is 13.6. The minimum Gasteiger partial charge on any atom is -0.462 e. The molecule has 19 heteroatoms. The number of phosphoric acid groups is 2. The van der Waals surface area contributed by atoms with Crippen LogP contribution in [0.1, 0.15) is 535 Å². The smallest absolute Gasteiger partial charge is 0.462 e. The standard InChI is InChI=1S/C97H190O17P2/c1-6-9-12-15-18-21-24-27-29-31-33-35-37-39-45-49-53-58-63-68-73-78-83-97(102)114-93(87-108-95(100)81-76-71-66-61-56-51-47-43-41-40-42-46-50-54-59-64-69-74-79-90(4)5)89-112-116(105,106)110-85-91(98)84-109-115(103,104)111-88-92(86-107-94(99)80-75-70-65-60-55-26-23-20-17-14-11-8-3)113-96(101)82-77-72-67-62-57-52-48-44-38-36-34-32-30-28-25-22-19-16-13-10-7-2/h90-93,98H,6-89H2,1-5H3,(H,103,104)(H,105,106)/t91-,92+,93+/m0/s1. The van der Waals surface area contributed by atoms with Gasteiger partial charge in [0.2, 0.25) is 0 Å². The molecule has 0 aromatic heterocycles. The quantitative estimate of drug-likeness (QED) is 0.0222. The van der Waals surface area contributed by atoms with Gasteiger partial charge < -0.3 is 33.8 Å². The Labute approximate surface area is 715 Å². The number of aliphatic hydroxyl groups excluding tert-OH is 1. The second-order valence-corrected chi connectivity index (χ2v) is 38.2. The van der Waals surface area contributed by atoms with E-state index in [1.165, 1.54) is 360 Å². The average molecular weight is 1690 g/mol. The van der Waals surface area contributed by atoms with Gasteiger partial charge in [-0.2, -0.15) is 0 Å². The van der Waals surface area contributed by atoms with Gasteiger partial charge in [0.25, 0.3) is 0 Å². The van der Waals surface area contributed by atoms with Gasteiger partial charge in [-0.15, -0.1) is 0 Å². The molecule has 0 spiro atoms. The summed E-state index contributed by atoms with van der Waals surface area (Å²) in [7, 11) is -9.94. The number of carbonyl (C=O) groups is 4. The van der Waals surface area contributed by atoms with Crippen molar-refractivity contribution in [3.8, 4) is 0 Å². The van der Waals surface area contributed by atoms with Crippen LogP contribution in [0.5, 0.6) is 0 Å². The fraction of sp³-hybridized carbons (Fsp3) is 0.959. The van der Waals surface area contributed by atoms with E-state index in [0.29, 0.717) is 25.7 Å². The Morgan fingerprint density at radius 2 is 0.397 bits per heavy atom. The minimum atomic E-state index is -4.97. The zero-order valence-corrected chi connectivity index (χ0v) is 78.4. The molecule has 0 fully saturated rings. The summed E-state index contributed by atoms with van der Waals surface area (Å²) in [5.41, 5.74) is 0. The molecule has 0 aromatic rings. The van der Waals surface area contributed by atoms with E-state index in [4.69, 9.17) is 37.0 Å². The molecule has 2 unspecified atom stereocenters. The van der Waals surface area contributed by atoms with Gasteiger partial charge in [-0.1, -0.05) is 484 Å². The number of carbonyl (C=O) groups excluding carboxylic acids is 4. The lowest BCUT2D eigenvalue weighted by molar-refractivity contribution is -0.161. The molecule has 0 aliphatic carbocycles. The fourth-order valence-corrected chi connectivity index (χ4v) is 17.0. The molecule has 5 atom stereocenters. The molecule has 690 valence electrons. The molecule has 116 heavy (non-hydrogen) atoms. The van der Waals surface area contributed by atoms with Crippen molar-refractivity contribution in [3.05, 3.63) is 0 Å². The lowest BCUT2D eigenvalue weighted by atomic mass is 10.0. The van der Waals surface area contributed by atoms with Crippen molar-refractivity contribution in [2.45, 2.75) is 554 Å². The van der Waals surface area contributed by atoms with Gasteiger partial charge in [-0.05, 0) is 31.6 Å². The highest BCUT2D eigenvalue weighted by Crippen LogP contribution is 2.45. The van der Waals surface area contributed by atoms with E-state index >= 15 is 0 Å². The van der Waals surface area contributed by atoms with Gasteiger partial charge in [0.15, 0.2) is 12.2 Å². The average Bonchev–Trinajstić information content (AvgIpc) is 0.899. The fourth-order valence-electron chi connectivity index (χ4n) is 15.4. The summed E-state index contributed by atoms with van der Waals surface area (Å²) < 4.78 is 69.3. The number of unbranched alkanes of at least 4 members (excludes halogenated alkanes) is 69. The Kier molecular flexibility index (Phi) is 87.8. The van der Waals surface area contributed by atoms with Gasteiger partial charge in [-0.3, -0.25) is 37.3 Å². The van der Waals surface area contributed by atoms with Crippen molar-refractivity contribution in [1.29, 1.82) is 0 Å². The van der Waals surface area contributed by atoms with E-state index in [-0.39, 0.29) is 25.7 Å². The zero-order valence-electron chi connectivity index (χ0n) is 76.7. The molecule has 0 saturated heterocycles. The lowest BCUT2D eigenvalue weighted by Crippen LogP contribution is -2.30. The van der Waals surface area contributed by atoms with E-state index in [1.54, 1.807) is 0 Å². The van der Waals surface area contributed by atoms with Crippen LogP contribution < -0.4 is 0 Å². The summed E-state index contributed by atoms with van der Waals surface area (Å²) in [5, 5.41) is 10.7. The SMILES string of the molecule is CCCCCCCCCCCCCCCCCCCCCCCCC(=O)O[C@H](COC(=O)CCCCCCCCCCCCCCCCCCCCC(C)C)COP(=O)(O)OC[C@@H](O)COP(=O)(O)OC[C@@H](COC(=O)CCCCCCCCCCCCCC)OC(=O)CCCCCCCCCCCCCCCCCCCCCCC. The Morgan fingerprint density at radius 3 is 0.586 bits per heavy atom. The van der Waals surface area contributed by atoms with Crippen molar-refractivity contribution in [2.75, 3.05) is 39.6 Å². The third-order valence-electron chi connectivity index (χ3n) is 23.0. The van der Waals surface area contributed by atoms with Crippen molar-refractivity contribution in [3.63, 3.8) is 0 Å². The first-order chi connectivity index (χ1) is 56.5. The highest BCUT2D eigenvalue weighted by atomic mass is 31.2. The Balaban J connectivity index is 5.23. The number of rotatable bonds is 97. The Hall–Kier alpha value is -1.94. The van der Waals surface area contributed by atoms with Crippen LogP contribution in [0.2, 0.25) is 0 Å². The molecular weight excluding hydrogens is 1500 g/mol. The van der Waals surface area contributed by atoms with Gasteiger partial charge in [0.1, 0.15) is 19.3 Å². The largest absolute Gasteiger partial charge is 0.472 e. The van der Waals surface area contributed by atoms with Gasteiger partial charge in [0, 0.05) is 25.7 Å². The number of aliphatic hydroxyl groups is 1. The van der Waals surface area contributed by atoms with Crippen LogP contribution >= 0.6 is 15.6 Å². The summed E-state index contributed by atoms with van der Waals surface area (Å²) in [4.78, 5) is 73.6. The molecular formula is C97H190O17P2. The predicted octanol–water partition coefficient (Wildman–Crippen LogP) is 30.7. The van der Waals surface area contributed by atoms with Crippen molar-refractivity contribution in [2.24, 2.45) is 5.92 Å². The number of ether oxygens (including phenoxy) is 4. The highest BCUT2D eigenvalue weighted by molar-refractivity contribution is 7.47. The summed E-state index contributed by atoms with van der Waals surface area (Å²) in [6.45, 7) is 7.47. The van der Waals surface area contributed by atoms with E-state index in [9.17, 15) is 43.2 Å². The van der Waals surface area contributed by atoms with Crippen LogP contribution in [0.25, 0.3) is 0 Å². The predicted molar refractivity (Wildman–Crippen MR) is 483 cm³/mol. The number of esters is 4. The van der Waals surface area contributed by atoms with Crippen molar-refractivity contribution < 1.29 is 80.2 Å². The third-order valence-corrected chi connectivity index (χ3v) is 24.9. The maximum absolute atomic E-state index is 13.2. The van der Waals surface area contributed by atoms with Crippen LogP contribution in [0.15, 0.2) is 0 Å². The van der Waals surface area contributed by atoms with Gasteiger partial charge in [-0.25, -0.2) is 9.13 Å². The maximum atomic E-state index is 13.2.